The fraction of sp³-hybridized carbons (Fsp3) is 0.357. The molecule has 6 heteroatoms. The normalized spacial score (nSPS) is 19.1. The van der Waals surface area contributed by atoms with Crippen molar-refractivity contribution in [3.05, 3.63) is 30.2 Å². The predicted molar refractivity (Wildman–Crippen MR) is 88.2 cm³/mol. The standard InChI is InChI=1S/C14H16FN3S2/c15-11-6-12(16)10-2-1-3-17-13(10)14(11)18-7-9-8-19-4-5-20-9/h1-3,6,9,18H,4-5,7-8,16H2. The molecule has 1 aliphatic rings. The SMILES string of the molecule is Nc1cc(F)c(NCC2CSCCS2)c2ncccc12. The number of fused-ring (bicyclic) bond motifs is 1. The largest absolute Gasteiger partial charge is 0.398 e. The molecule has 1 unspecified atom stereocenters. The maximum absolute atomic E-state index is 14.1. The van der Waals surface area contributed by atoms with E-state index in [2.05, 4.69) is 10.3 Å². The van der Waals surface area contributed by atoms with Crippen molar-refractivity contribution in [2.75, 3.05) is 34.9 Å². The molecular weight excluding hydrogens is 293 g/mol. The van der Waals surface area contributed by atoms with Gasteiger partial charge in [0, 0.05) is 46.3 Å². The number of pyridine rings is 1. The second-order valence-electron chi connectivity index (χ2n) is 4.67. The van der Waals surface area contributed by atoms with Crippen molar-refractivity contribution in [3.8, 4) is 0 Å². The Labute approximate surface area is 125 Å². The van der Waals surface area contributed by atoms with Crippen LogP contribution in [-0.2, 0) is 0 Å². The van der Waals surface area contributed by atoms with Gasteiger partial charge in [0.1, 0.15) is 0 Å². The molecule has 106 valence electrons. The number of anilines is 2. The first-order valence-electron chi connectivity index (χ1n) is 6.51. The van der Waals surface area contributed by atoms with Crippen LogP contribution in [0.5, 0.6) is 0 Å². The van der Waals surface area contributed by atoms with Gasteiger partial charge in [-0.15, -0.1) is 0 Å². The first kappa shape index (κ1) is 13.8. The molecule has 0 aliphatic carbocycles. The van der Waals surface area contributed by atoms with Crippen LogP contribution in [0.1, 0.15) is 0 Å². The Balaban J connectivity index is 1.86. The number of aromatic nitrogens is 1. The maximum Gasteiger partial charge on any atom is 0.150 e. The Kier molecular flexibility index (Phi) is 4.21. The molecule has 0 spiro atoms. The minimum atomic E-state index is -0.331. The zero-order valence-corrected chi connectivity index (χ0v) is 12.6. The van der Waals surface area contributed by atoms with Gasteiger partial charge in [-0.05, 0) is 18.2 Å². The molecule has 1 saturated heterocycles. The van der Waals surface area contributed by atoms with Crippen molar-refractivity contribution in [1.82, 2.24) is 4.98 Å². The Bertz CT molecular complexity index is 615. The van der Waals surface area contributed by atoms with Gasteiger partial charge in [0.15, 0.2) is 5.82 Å². The lowest BCUT2D eigenvalue weighted by molar-refractivity contribution is 0.632. The van der Waals surface area contributed by atoms with E-state index in [-0.39, 0.29) is 5.82 Å². The van der Waals surface area contributed by atoms with Gasteiger partial charge in [-0.3, -0.25) is 4.98 Å². The second-order valence-corrected chi connectivity index (χ2v) is 7.23. The molecule has 0 saturated carbocycles. The molecule has 3 nitrogen and oxygen atoms in total. The van der Waals surface area contributed by atoms with Crippen LogP contribution in [0.15, 0.2) is 24.4 Å². The highest BCUT2D eigenvalue weighted by Gasteiger charge is 2.17. The summed E-state index contributed by atoms with van der Waals surface area (Å²) in [7, 11) is 0. The van der Waals surface area contributed by atoms with E-state index in [4.69, 9.17) is 5.73 Å². The Morgan fingerprint density at radius 2 is 2.35 bits per heavy atom. The molecule has 1 atom stereocenters. The van der Waals surface area contributed by atoms with Gasteiger partial charge in [-0.1, -0.05) is 0 Å². The molecular formula is C14H16FN3S2. The minimum absolute atomic E-state index is 0.331. The fourth-order valence-corrected chi connectivity index (χ4v) is 4.89. The highest BCUT2D eigenvalue weighted by Crippen LogP contribution is 2.30. The molecule has 0 amide bonds. The Morgan fingerprint density at radius 1 is 1.45 bits per heavy atom. The van der Waals surface area contributed by atoms with E-state index in [1.165, 1.54) is 17.6 Å². The number of hydrogen-bond acceptors (Lipinski definition) is 5. The van der Waals surface area contributed by atoms with E-state index in [0.29, 0.717) is 22.1 Å². The van der Waals surface area contributed by atoms with Crippen LogP contribution < -0.4 is 11.1 Å². The summed E-state index contributed by atoms with van der Waals surface area (Å²) in [4.78, 5) is 4.27. The van der Waals surface area contributed by atoms with Gasteiger partial charge in [0.2, 0.25) is 0 Å². The molecule has 3 N–H and O–H groups in total. The van der Waals surface area contributed by atoms with Crippen LogP contribution in [0.3, 0.4) is 0 Å². The third kappa shape index (κ3) is 2.81. The topological polar surface area (TPSA) is 50.9 Å². The molecule has 0 bridgehead atoms. The second kappa shape index (κ2) is 6.10. The summed E-state index contributed by atoms with van der Waals surface area (Å²) in [6, 6.07) is 5.05. The van der Waals surface area contributed by atoms with Gasteiger partial charge in [-0.2, -0.15) is 23.5 Å². The Morgan fingerprint density at radius 3 is 3.15 bits per heavy atom. The van der Waals surface area contributed by atoms with E-state index >= 15 is 0 Å². The van der Waals surface area contributed by atoms with Gasteiger partial charge >= 0.3 is 0 Å². The average molecular weight is 309 g/mol. The molecule has 0 radical (unpaired) electrons. The number of nitrogens with two attached hydrogens (primary N) is 1. The molecule has 1 aliphatic heterocycles. The number of nitrogen functional groups attached to an aromatic ring is 1. The number of nitrogens with zero attached hydrogens (tertiary/aromatic N) is 1. The van der Waals surface area contributed by atoms with Crippen molar-refractivity contribution in [1.29, 1.82) is 0 Å². The average Bonchev–Trinajstić information content (AvgIpc) is 2.48. The third-order valence-corrected chi connectivity index (χ3v) is 6.11. The number of rotatable bonds is 3. The first-order chi connectivity index (χ1) is 9.75. The van der Waals surface area contributed by atoms with Crippen molar-refractivity contribution < 1.29 is 4.39 Å². The van der Waals surface area contributed by atoms with E-state index in [9.17, 15) is 4.39 Å². The summed E-state index contributed by atoms with van der Waals surface area (Å²) in [5.74, 6) is 3.16. The van der Waals surface area contributed by atoms with Crippen LogP contribution in [0.4, 0.5) is 15.8 Å². The molecule has 3 rings (SSSR count). The smallest absolute Gasteiger partial charge is 0.150 e. The molecule has 2 heterocycles. The van der Waals surface area contributed by atoms with E-state index in [1.807, 2.05) is 35.7 Å². The lowest BCUT2D eigenvalue weighted by Crippen LogP contribution is -2.23. The van der Waals surface area contributed by atoms with Gasteiger partial charge < -0.3 is 11.1 Å². The summed E-state index contributed by atoms with van der Waals surface area (Å²) in [6.07, 6.45) is 1.66. The summed E-state index contributed by atoms with van der Waals surface area (Å²) >= 11 is 3.90. The minimum Gasteiger partial charge on any atom is -0.398 e. The molecule has 1 fully saturated rings. The Hall–Kier alpha value is -1.14. The van der Waals surface area contributed by atoms with Crippen molar-refractivity contribution in [3.63, 3.8) is 0 Å². The lowest BCUT2D eigenvalue weighted by Gasteiger charge is -2.22. The van der Waals surface area contributed by atoms with Crippen LogP contribution in [0, 0.1) is 5.82 Å². The van der Waals surface area contributed by atoms with Gasteiger partial charge in [0.05, 0.1) is 11.2 Å². The zero-order valence-electron chi connectivity index (χ0n) is 10.9. The third-order valence-electron chi connectivity index (χ3n) is 3.27. The summed E-state index contributed by atoms with van der Waals surface area (Å²) in [5.41, 5.74) is 7.35. The maximum atomic E-state index is 14.1. The number of nitrogens with one attached hydrogen (secondary N) is 1. The number of halogens is 1. The highest BCUT2D eigenvalue weighted by atomic mass is 32.2. The van der Waals surface area contributed by atoms with Crippen molar-refractivity contribution >= 4 is 45.8 Å². The summed E-state index contributed by atoms with van der Waals surface area (Å²) in [6.45, 7) is 0.754. The first-order valence-corrected chi connectivity index (χ1v) is 8.72. The van der Waals surface area contributed by atoms with E-state index in [0.717, 1.165) is 17.7 Å². The highest BCUT2D eigenvalue weighted by molar-refractivity contribution is 8.06. The number of hydrogen-bond donors (Lipinski definition) is 2. The summed E-state index contributed by atoms with van der Waals surface area (Å²) < 4.78 is 14.1. The molecule has 1 aromatic carbocycles. The van der Waals surface area contributed by atoms with Crippen LogP contribution >= 0.6 is 23.5 Å². The van der Waals surface area contributed by atoms with Gasteiger partial charge in [-0.25, -0.2) is 4.39 Å². The monoisotopic (exact) mass is 309 g/mol. The lowest BCUT2D eigenvalue weighted by atomic mass is 10.1. The van der Waals surface area contributed by atoms with Crippen LogP contribution in [0.2, 0.25) is 0 Å². The number of thioether (sulfide) groups is 2. The van der Waals surface area contributed by atoms with Crippen molar-refractivity contribution in [2.45, 2.75) is 5.25 Å². The molecule has 1 aromatic heterocycles. The van der Waals surface area contributed by atoms with E-state index < -0.39 is 0 Å². The summed E-state index contributed by atoms with van der Waals surface area (Å²) in [5, 5.41) is 4.54. The van der Waals surface area contributed by atoms with Gasteiger partial charge in [0.25, 0.3) is 0 Å². The fourth-order valence-electron chi connectivity index (χ4n) is 2.28. The van der Waals surface area contributed by atoms with Crippen molar-refractivity contribution in [2.24, 2.45) is 0 Å². The molecule has 2 aromatic rings. The van der Waals surface area contributed by atoms with E-state index in [1.54, 1.807) is 6.20 Å². The number of benzene rings is 1. The predicted octanol–water partition coefficient (Wildman–Crippen LogP) is 3.22. The van der Waals surface area contributed by atoms with Crippen LogP contribution in [-0.4, -0.2) is 34.0 Å². The molecule has 20 heavy (non-hydrogen) atoms. The quantitative estimate of drug-likeness (QED) is 0.853. The zero-order chi connectivity index (χ0) is 13.9. The van der Waals surface area contributed by atoms with Crippen LogP contribution in [0.25, 0.3) is 10.9 Å².